The van der Waals surface area contributed by atoms with Crippen molar-refractivity contribution in [3.63, 3.8) is 0 Å². The van der Waals surface area contributed by atoms with Crippen LogP contribution >= 0.6 is 22.7 Å². The van der Waals surface area contributed by atoms with E-state index >= 15 is 0 Å². The van der Waals surface area contributed by atoms with E-state index in [2.05, 4.69) is 362 Å². The number of rotatable bonds is 10. The van der Waals surface area contributed by atoms with Crippen molar-refractivity contribution < 1.29 is 0 Å². The first-order chi connectivity index (χ1) is 45.6. The van der Waals surface area contributed by atoms with Crippen molar-refractivity contribution in [1.29, 1.82) is 0 Å². The van der Waals surface area contributed by atoms with E-state index in [4.69, 9.17) is 0 Å². The largest absolute Gasteiger partial charge is 0.310 e. The Morgan fingerprint density at radius 3 is 1.12 bits per heavy atom. The molecule has 0 radical (unpaired) electrons. The number of nitrogens with zero attached hydrogens (tertiary/aromatic N) is 2. The molecule has 0 fully saturated rings. The van der Waals surface area contributed by atoms with Gasteiger partial charge in [-0.15, -0.1) is 22.7 Å². The smallest absolute Gasteiger partial charge is 0.0468 e. The van der Waals surface area contributed by atoms with Gasteiger partial charge in [-0.05, 0) is 168 Å². The maximum atomic E-state index is 2.39. The molecular weight excluding hydrogens is 1150 g/mol. The molecule has 0 atom stereocenters. The first-order valence-corrected chi connectivity index (χ1v) is 33.0. The Balaban J connectivity index is 0.000000141. The number of anilines is 6. The van der Waals surface area contributed by atoms with Gasteiger partial charge in [0.15, 0.2) is 0 Å². The first-order valence-electron chi connectivity index (χ1n) is 31.4. The van der Waals surface area contributed by atoms with Crippen molar-refractivity contribution in [3.05, 3.63) is 352 Å². The van der Waals surface area contributed by atoms with Crippen LogP contribution in [0.4, 0.5) is 34.1 Å². The molecule has 432 valence electrons. The summed E-state index contributed by atoms with van der Waals surface area (Å²) in [5, 5.41) is 15.4. The van der Waals surface area contributed by atoms with E-state index in [-0.39, 0.29) is 0 Å². The number of hydrogen-bond donors (Lipinski definition) is 0. The van der Waals surface area contributed by atoms with Crippen LogP contribution in [0.15, 0.2) is 352 Å². The zero-order valence-electron chi connectivity index (χ0n) is 50.2. The minimum atomic E-state index is 1.12. The van der Waals surface area contributed by atoms with Gasteiger partial charge in [0.05, 0.1) is 0 Å². The number of hydrogen-bond acceptors (Lipinski definition) is 4. The Labute approximate surface area is 542 Å². The van der Waals surface area contributed by atoms with E-state index in [0.29, 0.717) is 0 Å². The molecule has 0 saturated carbocycles. The second kappa shape index (κ2) is 23.5. The predicted octanol–water partition coefficient (Wildman–Crippen LogP) is 26.3. The monoisotopic (exact) mass is 1210 g/mol. The standard InChI is InChI=1S/2C44H29NS/c1-2-9-30(10-3-1)31-17-23-35(24-18-31)45(36-25-19-33(20-26-36)39-15-8-12-32-11-4-5-13-38(32)39)37-27-21-34-22-28-41-40-14-6-7-16-43(40)46-44(41)42(34)29-37;1-2-9-30(10-3-1)35-13-8-14-38(28-35)45(37-23-19-32(20-24-37)36-18-17-31-11-4-5-12-34(31)27-36)39-25-21-33-22-26-41-40-15-6-7-16-43(40)46-44(41)42(33)29-39/h2*1-29H. The van der Waals surface area contributed by atoms with E-state index in [1.54, 1.807) is 0 Å². The van der Waals surface area contributed by atoms with Crippen LogP contribution in [0.1, 0.15) is 0 Å². The summed E-state index contributed by atoms with van der Waals surface area (Å²) in [5.74, 6) is 0. The molecule has 0 saturated heterocycles. The summed E-state index contributed by atoms with van der Waals surface area (Å²) in [5.41, 5.74) is 16.5. The molecule has 2 nitrogen and oxygen atoms in total. The predicted molar refractivity (Wildman–Crippen MR) is 400 cm³/mol. The van der Waals surface area contributed by atoms with Crippen LogP contribution in [-0.2, 0) is 0 Å². The molecule has 2 heterocycles. The Hall–Kier alpha value is -11.4. The zero-order chi connectivity index (χ0) is 60.9. The molecule has 0 N–H and O–H groups in total. The molecule has 18 aromatic rings. The molecule has 4 heteroatoms. The van der Waals surface area contributed by atoms with Gasteiger partial charge in [-0.2, -0.15) is 0 Å². The summed E-state index contributed by atoms with van der Waals surface area (Å²) in [6, 6.07) is 128. The topological polar surface area (TPSA) is 6.48 Å². The summed E-state index contributed by atoms with van der Waals surface area (Å²) >= 11 is 3.77. The molecule has 0 amide bonds. The second-order valence-electron chi connectivity index (χ2n) is 23.6. The van der Waals surface area contributed by atoms with Gasteiger partial charge in [-0.3, -0.25) is 0 Å². The Kier molecular flexibility index (Phi) is 14.0. The van der Waals surface area contributed by atoms with Crippen molar-refractivity contribution in [2.24, 2.45) is 0 Å². The van der Waals surface area contributed by atoms with Crippen LogP contribution < -0.4 is 9.80 Å². The molecule has 0 aliphatic carbocycles. The van der Waals surface area contributed by atoms with Crippen LogP contribution in [0.2, 0.25) is 0 Å². The summed E-state index contributed by atoms with van der Waals surface area (Å²) in [6.45, 7) is 0. The molecule has 18 rings (SSSR count). The highest BCUT2D eigenvalue weighted by atomic mass is 32.1. The van der Waals surface area contributed by atoms with Gasteiger partial charge < -0.3 is 9.80 Å². The fraction of sp³-hybridized carbons (Fsp3) is 0. The van der Waals surface area contributed by atoms with Crippen LogP contribution in [-0.4, -0.2) is 0 Å². The van der Waals surface area contributed by atoms with Crippen LogP contribution in [0.3, 0.4) is 0 Å². The third-order valence-corrected chi connectivity index (χ3v) is 20.5. The average molecular weight is 1210 g/mol. The molecule has 2 aromatic heterocycles. The Morgan fingerprint density at radius 2 is 0.533 bits per heavy atom. The summed E-state index contributed by atoms with van der Waals surface area (Å²) in [6.07, 6.45) is 0. The van der Waals surface area contributed by atoms with Gasteiger partial charge in [0.2, 0.25) is 0 Å². The minimum absolute atomic E-state index is 1.12. The SMILES string of the molecule is c1ccc(-c2ccc(N(c3ccc(-c4cccc5ccccc45)cc3)c3ccc4ccc5c6ccccc6sc5c4c3)cc2)cc1.c1ccc(-c2cccc(N(c3ccc(-c4ccc5ccccc5c4)cc3)c3ccc4ccc5c6ccccc6sc5c4c3)c2)cc1. The summed E-state index contributed by atoms with van der Waals surface area (Å²) in [7, 11) is 0. The van der Waals surface area contributed by atoms with E-state index < -0.39 is 0 Å². The minimum Gasteiger partial charge on any atom is -0.310 e. The molecule has 0 spiro atoms. The van der Waals surface area contributed by atoms with Gasteiger partial charge in [0.25, 0.3) is 0 Å². The molecule has 0 aliphatic heterocycles. The fourth-order valence-corrected chi connectivity index (χ4v) is 15.9. The van der Waals surface area contributed by atoms with Crippen molar-refractivity contribution in [3.8, 4) is 44.5 Å². The maximum absolute atomic E-state index is 2.39. The van der Waals surface area contributed by atoms with Crippen LogP contribution in [0.25, 0.3) is 128 Å². The van der Waals surface area contributed by atoms with Gasteiger partial charge in [0.1, 0.15) is 0 Å². The zero-order valence-corrected chi connectivity index (χ0v) is 51.8. The van der Waals surface area contributed by atoms with Crippen molar-refractivity contribution >= 4 is 140 Å². The van der Waals surface area contributed by atoms with Gasteiger partial charge >= 0.3 is 0 Å². The molecule has 92 heavy (non-hydrogen) atoms. The number of thiophene rings is 2. The molecular formula is C88H58N2S2. The highest BCUT2D eigenvalue weighted by Gasteiger charge is 2.19. The lowest BCUT2D eigenvalue weighted by molar-refractivity contribution is 1.29. The lowest BCUT2D eigenvalue weighted by Gasteiger charge is -2.26. The highest BCUT2D eigenvalue weighted by Crippen LogP contribution is 2.46. The summed E-state index contributed by atoms with van der Waals surface area (Å²) in [4.78, 5) is 4.77. The van der Waals surface area contributed by atoms with Crippen LogP contribution in [0, 0.1) is 0 Å². The number of fused-ring (bicyclic) bond motifs is 12. The lowest BCUT2D eigenvalue weighted by Crippen LogP contribution is -2.10. The lowest BCUT2D eigenvalue weighted by atomic mass is 9.98. The highest BCUT2D eigenvalue weighted by molar-refractivity contribution is 7.27. The number of benzene rings is 16. The van der Waals surface area contributed by atoms with Crippen molar-refractivity contribution in [2.45, 2.75) is 0 Å². The van der Waals surface area contributed by atoms with Gasteiger partial charge in [-0.1, -0.05) is 261 Å². The van der Waals surface area contributed by atoms with E-state index in [1.165, 1.54) is 128 Å². The fourth-order valence-electron chi connectivity index (χ4n) is 13.5. The summed E-state index contributed by atoms with van der Waals surface area (Å²) < 4.78 is 5.33. The van der Waals surface area contributed by atoms with Crippen molar-refractivity contribution in [1.82, 2.24) is 0 Å². The van der Waals surface area contributed by atoms with Crippen molar-refractivity contribution in [2.75, 3.05) is 9.80 Å². The van der Waals surface area contributed by atoms with Crippen LogP contribution in [0.5, 0.6) is 0 Å². The normalized spacial score (nSPS) is 11.5. The molecule has 0 aliphatic rings. The van der Waals surface area contributed by atoms with Gasteiger partial charge in [0, 0.05) is 85.2 Å². The van der Waals surface area contributed by atoms with E-state index in [9.17, 15) is 0 Å². The first kappa shape index (κ1) is 54.7. The van der Waals surface area contributed by atoms with E-state index in [0.717, 1.165) is 34.1 Å². The van der Waals surface area contributed by atoms with E-state index in [1.807, 2.05) is 22.7 Å². The quantitative estimate of drug-likeness (QED) is 0.135. The second-order valence-corrected chi connectivity index (χ2v) is 25.7. The van der Waals surface area contributed by atoms with Gasteiger partial charge in [-0.25, -0.2) is 0 Å². The Morgan fingerprint density at radius 1 is 0.174 bits per heavy atom. The molecule has 0 unspecified atom stereocenters. The average Bonchev–Trinajstić information content (AvgIpc) is 1.58. The molecule has 0 bridgehead atoms. The molecule has 16 aromatic carbocycles. The Bertz CT molecular complexity index is 5750. The third kappa shape index (κ3) is 10.2. The third-order valence-electron chi connectivity index (χ3n) is 18.1. The maximum Gasteiger partial charge on any atom is 0.0468 e.